The minimum absolute atomic E-state index is 0.0562. The molecule has 1 rings (SSSR count). The van der Waals surface area contributed by atoms with Gasteiger partial charge in [-0.1, -0.05) is 144 Å². The van der Waals surface area contributed by atoms with E-state index < -0.39 is 125 Å². The van der Waals surface area contributed by atoms with Crippen molar-refractivity contribution in [1.29, 1.82) is 0 Å². The number of carbonyl (C=O) groups excluding carboxylic acids is 10. The summed E-state index contributed by atoms with van der Waals surface area (Å²) < 4.78 is 0. The van der Waals surface area contributed by atoms with E-state index >= 15 is 0 Å². The monoisotopic (exact) mass is 1170 g/mol. The lowest BCUT2D eigenvalue weighted by molar-refractivity contribution is -0.137. The third-order valence-corrected chi connectivity index (χ3v) is 14.3. The zero-order valence-electron chi connectivity index (χ0n) is 51.2. The van der Waals surface area contributed by atoms with Crippen LogP contribution in [0.4, 0.5) is 0 Å². The van der Waals surface area contributed by atoms with Gasteiger partial charge in [0.25, 0.3) is 0 Å². The molecular weight excluding hydrogens is 1070 g/mol. The number of benzene rings is 1. The van der Waals surface area contributed by atoms with Gasteiger partial charge in [0.2, 0.25) is 59.1 Å². The molecule has 0 unspecified atom stereocenters. The standard InChI is InChI=1S/C59H105N13O11/c1-11-13-14-15-16-17-18-22-25-47(74)64-41(26-29-60)53(77)71-49(38(9)12-2)59(83)66-42(27-30-61)52(76)68-46(34-40-23-20-19-21-24-40)56(80)67-44(32-35(3)4)55(79)65-43(28-31-62)54(78)70-48(37(7)8)58(82)69-45(33-36(5)6)57(81)72-50(39(10)73)51(63)75/h19-21,23-24,35-39,41-46,48-50,73H,11-18,22,25-34,60-62H2,1-10H3,(H2,63,75)(H,64,74)(H,65,79)(H,66,83)(H,67,80)(H,68,76)(H,69,82)(H,70,78)(H,71,77)(H,72,81)/t38-,39+,41-,42-,43-,44-,45-,46+,48+,49-,50-/m0/s1. The van der Waals surface area contributed by atoms with Gasteiger partial charge < -0.3 is 75.9 Å². The fourth-order valence-electron chi connectivity index (χ4n) is 9.23. The molecule has 472 valence electrons. The average molecular weight is 1170 g/mol. The molecule has 1 aromatic rings. The Labute approximate surface area is 492 Å². The predicted molar refractivity (Wildman–Crippen MR) is 320 cm³/mol. The summed E-state index contributed by atoms with van der Waals surface area (Å²) in [6.07, 6.45) is 7.89. The Kier molecular flexibility index (Phi) is 36.8. The maximum atomic E-state index is 14.5. The van der Waals surface area contributed by atoms with Crippen molar-refractivity contribution in [2.75, 3.05) is 19.6 Å². The maximum absolute atomic E-state index is 14.5. The highest BCUT2D eigenvalue weighted by Gasteiger charge is 2.37. The molecule has 83 heavy (non-hydrogen) atoms. The van der Waals surface area contributed by atoms with Gasteiger partial charge >= 0.3 is 0 Å². The summed E-state index contributed by atoms with van der Waals surface area (Å²) in [6.45, 7) is 17.6. The summed E-state index contributed by atoms with van der Waals surface area (Å²) >= 11 is 0. The fourth-order valence-corrected chi connectivity index (χ4v) is 9.23. The number of aliphatic hydroxyl groups is 1. The molecule has 24 nitrogen and oxygen atoms in total. The molecule has 11 atom stereocenters. The van der Waals surface area contributed by atoms with Gasteiger partial charge in [-0.2, -0.15) is 0 Å². The molecule has 0 aliphatic rings. The SMILES string of the molecule is CCCCCCCCCCC(=O)N[C@@H](CCN)C(=O)N[C@H](C(=O)N[C@@H](CCN)C(=O)N[C@H](Cc1ccccc1)C(=O)N[C@@H](CC(C)C)C(=O)N[C@@H](CCN)C(=O)N[C@@H](C(=O)N[C@@H](CC(C)C)C(=O)N[C@H](C(N)=O)[C@@H](C)O)C(C)C)[C@@H](C)CC. The molecule has 0 bridgehead atoms. The first-order chi connectivity index (χ1) is 39.2. The van der Waals surface area contributed by atoms with Crippen molar-refractivity contribution in [3.05, 3.63) is 35.9 Å². The number of nitrogens with two attached hydrogens (primary N) is 4. The summed E-state index contributed by atoms with van der Waals surface area (Å²) in [7, 11) is 0. The molecule has 18 N–H and O–H groups in total. The fraction of sp³-hybridized carbons (Fsp3) is 0.729. The molecule has 24 heteroatoms. The molecular formula is C59H105N13O11. The Morgan fingerprint density at radius 2 is 0.819 bits per heavy atom. The van der Waals surface area contributed by atoms with Crippen LogP contribution < -0.4 is 70.8 Å². The molecule has 0 fully saturated rings. The first-order valence-corrected chi connectivity index (χ1v) is 30.1. The molecule has 0 saturated heterocycles. The molecule has 0 heterocycles. The van der Waals surface area contributed by atoms with Gasteiger partial charge in [-0.3, -0.25) is 47.9 Å². The van der Waals surface area contributed by atoms with Gasteiger partial charge in [-0.25, -0.2) is 0 Å². The third kappa shape index (κ3) is 29.2. The summed E-state index contributed by atoms with van der Waals surface area (Å²) in [4.78, 5) is 137. The van der Waals surface area contributed by atoms with Crippen LogP contribution in [0.5, 0.6) is 0 Å². The Bertz CT molecular complexity index is 2170. The number of unbranched alkanes of at least 4 members (excludes halogenated alkanes) is 7. The number of nitrogens with one attached hydrogen (secondary N) is 9. The summed E-state index contributed by atoms with van der Waals surface area (Å²) in [5.74, 6) is -8.52. The van der Waals surface area contributed by atoms with E-state index in [1.807, 2.05) is 34.6 Å². The second kappa shape index (κ2) is 40.9. The van der Waals surface area contributed by atoms with Gasteiger partial charge in [0.1, 0.15) is 54.4 Å². The highest BCUT2D eigenvalue weighted by molar-refractivity contribution is 5.98. The molecule has 0 saturated carbocycles. The molecule has 0 radical (unpaired) electrons. The molecule has 10 amide bonds. The van der Waals surface area contributed by atoms with Crippen LogP contribution in [-0.2, 0) is 54.4 Å². The van der Waals surface area contributed by atoms with Crippen molar-refractivity contribution in [3.63, 3.8) is 0 Å². The van der Waals surface area contributed by atoms with Gasteiger partial charge in [-0.05, 0) is 94.3 Å². The number of aliphatic hydroxyl groups excluding tert-OH is 1. The quantitative estimate of drug-likeness (QED) is 0.0403. The van der Waals surface area contributed by atoms with E-state index in [1.54, 1.807) is 51.1 Å². The number of hydrogen-bond donors (Lipinski definition) is 14. The first kappa shape index (κ1) is 74.8. The topological polar surface area (TPSA) is 403 Å². The van der Waals surface area contributed by atoms with Crippen LogP contribution >= 0.6 is 0 Å². The number of primary amides is 1. The van der Waals surface area contributed by atoms with Crippen molar-refractivity contribution in [3.8, 4) is 0 Å². The van der Waals surface area contributed by atoms with Gasteiger partial charge in [0.15, 0.2) is 0 Å². The van der Waals surface area contributed by atoms with Crippen molar-refractivity contribution in [2.24, 2.45) is 46.6 Å². The van der Waals surface area contributed by atoms with E-state index in [0.717, 1.165) is 25.7 Å². The zero-order chi connectivity index (χ0) is 62.8. The second-order valence-corrected chi connectivity index (χ2v) is 23.1. The van der Waals surface area contributed by atoms with Gasteiger partial charge in [0.05, 0.1) is 6.10 Å². The smallest absolute Gasteiger partial charge is 0.243 e. The number of rotatable bonds is 43. The molecule has 0 aliphatic carbocycles. The van der Waals surface area contributed by atoms with E-state index in [-0.39, 0.29) is 82.3 Å². The third-order valence-electron chi connectivity index (χ3n) is 14.3. The Morgan fingerprint density at radius 1 is 0.446 bits per heavy atom. The number of amides is 10. The second-order valence-electron chi connectivity index (χ2n) is 23.1. The minimum Gasteiger partial charge on any atom is -0.391 e. The number of hydrogen-bond acceptors (Lipinski definition) is 14. The predicted octanol–water partition coefficient (Wildman–Crippen LogP) is 0.830. The van der Waals surface area contributed by atoms with Crippen molar-refractivity contribution in [2.45, 2.75) is 232 Å². The van der Waals surface area contributed by atoms with E-state index in [4.69, 9.17) is 22.9 Å². The highest BCUT2D eigenvalue weighted by Crippen LogP contribution is 2.15. The lowest BCUT2D eigenvalue weighted by atomic mass is 9.97. The largest absolute Gasteiger partial charge is 0.391 e. The van der Waals surface area contributed by atoms with Crippen molar-refractivity contribution in [1.82, 2.24) is 47.9 Å². The maximum Gasteiger partial charge on any atom is 0.243 e. The van der Waals surface area contributed by atoms with Crippen LogP contribution in [0.25, 0.3) is 0 Å². The average Bonchev–Trinajstić information content (AvgIpc) is 3.42. The van der Waals surface area contributed by atoms with E-state index in [1.165, 1.54) is 26.2 Å². The zero-order valence-corrected chi connectivity index (χ0v) is 51.2. The summed E-state index contributed by atoms with van der Waals surface area (Å²) in [6, 6.07) is -2.47. The van der Waals surface area contributed by atoms with Crippen molar-refractivity contribution < 1.29 is 53.1 Å². The van der Waals surface area contributed by atoms with Crippen LogP contribution in [0.15, 0.2) is 30.3 Å². The Hall–Kier alpha value is -6.24. The van der Waals surface area contributed by atoms with E-state index in [0.29, 0.717) is 18.4 Å². The van der Waals surface area contributed by atoms with Crippen LogP contribution in [0.3, 0.4) is 0 Å². The molecule has 0 aromatic heterocycles. The highest BCUT2D eigenvalue weighted by atomic mass is 16.3. The van der Waals surface area contributed by atoms with Crippen molar-refractivity contribution >= 4 is 59.1 Å². The molecule has 1 aromatic carbocycles. The van der Waals surface area contributed by atoms with Crippen LogP contribution in [0.2, 0.25) is 0 Å². The van der Waals surface area contributed by atoms with E-state index in [2.05, 4.69) is 54.8 Å². The lowest BCUT2D eigenvalue weighted by Gasteiger charge is -2.30. The van der Waals surface area contributed by atoms with Gasteiger partial charge in [-0.15, -0.1) is 0 Å². The minimum atomic E-state index is -1.43. The molecule has 0 aliphatic heterocycles. The van der Waals surface area contributed by atoms with Crippen LogP contribution in [-0.4, -0.2) is 144 Å². The first-order valence-electron chi connectivity index (χ1n) is 30.1. The van der Waals surface area contributed by atoms with Crippen LogP contribution in [0, 0.1) is 23.7 Å². The van der Waals surface area contributed by atoms with E-state index in [9.17, 15) is 53.1 Å². The Balaban J connectivity index is 3.42. The normalized spacial score (nSPS) is 15.4. The van der Waals surface area contributed by atoms with Gasteiger partial charge in [0, 0.05) is 12.8 Å². The Morgan fingerprint density at radius 3 is 1.28 bits per heavy atom. The summed E-state index contributed by atoms with van der Waals surface area (Å²) in [5, 5.41) is 34.3. The van der Waals surface area contributed by atoms with Crippen LogP contribution in [0.1, 0.15) is 171 Å². The molecule has 0 spiro atoms. The summed E-state index contributed by atoms with van der Waals surface area (Å²) in [5.41, 5.74) is 23.8. The number of carbonyl (C=O) groups is 10. The lowest BCUT2D eigenvalue weighted by Crippen LogP contribution is -2.62.